The molecule has 6 nitrogen and oxygen atoms in total. The Morgan fingerprint density at radius 2 is 1.96 bits per heavy atom. The predicted molar refractivity (Wildman–Crippen MR) is 103 cm³/mol. The van der Waals surface area contributed by atoms with Crippen molar-refractivity contribution in [1.82, 2.24) is 25.5 Å². The van der Waals surface area contributed by atoms with Gasteiger partial charge in [0, 0.05) is 10.0 Å². The monoisotopic (exact) mass is 413 g/mol. The summed E-state index contributed by atoms with van der Waals surface area (Å²) >= 11 is 3.47. The van der Waals surface area contributed by atoms with Gasteiger partial charge in [0.2, 0.25) is 11.7 Å². The zero-order valence-electron chi connectivity index (χ0n) is 14.9. The van der Waals surface area contributed by atoms with Crippen molar-refractivity contribution < 1.29 is 4.79 Å². The Labute approximate surface area is 160 Å². The summed E-state index contributed by atoms with van der Waals surface area (Å²) in [4.78, 5) is 13.6. The van der Waals surface area contributed by atoms with Crippen molar-refractivity contribution in [2.75, 3.05) is 0 Å². The van der Waals surface area contributed by atoms with E-state index in [2.05, 4.69) is 62.6 Å². The molecule has 3 aromatic rings. The van der Waals surface area contributed by atoms with E-state index < -0.39 is 0 Å². The second-order valence-corrected chi connectivity index (χ2v) is 7.11. The molecule has 1 N–H and O–H groups in total. The molecule has 0 fully saturated rings. The first kappa shape index (κ1) is 18.3. The van der Waals surface area contributed by atoms with Crippen LogP contribution in [0.2, 0.25) is 0 Å². The lowest BCUT2D eigenvalue weighted by molar-refractivity contribution is -0.122. The summed E-state index contributed by atoms with van der Waals surface area (Å²) in [5.41, 5.74) is 4.35. The van der Waals surface area contributed by atoms with Gasteiger partial charge in [0.1, 0.15) is 6.54 Å². The summed E-state index contributed by atoms with van der Waals surface area (Å²) in [7, 11) is 0. The summed E-state index contributed by atoms with van der Waals surface area (Å²) in [6.45, 7) is 6.12. The zero-order valence-corrected chi connectivity index (χ0v) is 16.5. The number of aromatic nitrogens is 4. The van der Waals surface area contributed by atoms with Crippen molar-refractivity contribution in [1.29, 1.82) is 0 Å². The molecule has 0 bridgehead atoms. The van der Waals surface area contributed by atoms with Crippen molar-refractivity contribution >= 4 is 21.8 Å². The summed E-state index contributed by atoms with van der Waals surface area (Å²) < 4.78 is 0.882. The molecule has 0 radical (unpaired) electrons. The topological polar surface area (TPSA) is 72.7 Å². The number of hydrogen-bond donors (Lipinski definition) is 1. The normalized spacial score (nSPS) is 12.0. The van der Waals surface area contributed by atoms with Gasteiger partial charge in [0.15, 0.2) is 0 Å². The quantitative estimate of drug-likeness (QED) is 0.693. The predicted octanol–water partition coefficient (Wildman–Crippen LogP) is 3.60. The number of amides is 1. The third-order valence-electron chi connectivity index (χ3n) is 4.26. The fourth-order valence-corrected chi connectivity index (χ4v) is 3.06. The third kappa shape index (κ3) is 4.16. The second kappa shape index (κ2) is 7.78. The summed E-state index contributed by atoms with van der Waals surface area (Å²) in [5, 5.41) is 15.3. The van der Waals surface area contributed by atoms with E-state index in [1.54, 1.807) is 0 Å². The fourth-order valence-electron chi connectivity index (χ4n) is 2.59. The number of nitrogens with zero attached hydrogens (tertiary/aromatic N) is 4. The molecule has 134 valence electrons. The maximum absolute atomic E-state index is 12.3. The molecule has 0 spiro atoms. The van der Waals surface area contributed by atoms with Crippen LogP contribution < -0.4 is 5.32 Å². The highest BCUT2D eigenvalue weighted by Gasteiger charge is 2.14. The molecule has 1 aromatic heterocycles. The van der Waals surface area contributed by atoms with Crippen LogP contribution >= 0.6 is 15.9 Å². The average Bonchev–Trinajstić information content (AvgIpc) is 3.05. The molecule has 0 aliphatic rings. The number of benzene rings is 2. The van der Waals surface area contributed by atoms with E-state index in [0.717, 1.165) is 15.6 Å². The van der Waals surface area contributed by atoms with E-state index in [0.29, 0.717) is 5.82 Å². The first-order chi connectivity index (χ1) is 12.4. The number of tetrazole rings is 1. The van der Waals surface area contributed by atoms with Gasteiger partial charge in [0.05, 0.1) is 6.04 Å². The SMILES string of the molecule is Cc1ccc([C@@H](C)NC(=O)Cn2nnc(-c3ccccc3Br)n2)cc1C. The smallest absolute Gasteiger partial charge is 0.244 e. The molecule has 0 unspecified atom stereocenters. The van der Waals surface area contributed by atoms with Crippen LogP contribution in [0.3, 0.4) is 0 Å². The molecule has 0 aliphatic carbocycles. The maximum Gasteiger partial charge on any atom is 0.244 e. The van der Waals surface area contributed by atoms with Crippen LogP contribution in [0.1, 0.15) is 29.7 Å². The van der Waals surface area contributed by atoms with Gasteiger partial charge in [-0.1, -0.05) is 46.3 Å². The molecular formula is C19H20BrN5O. The Hall–Kier alpha value is -2.54. The average molecular weight is 414 g/mol. The number of halogens is 1. The van der Waals surface area contributed by atoms with Gasteiger partial charge in [0.25, 0.3) is 0 Å². The summed E-state index contributed by atoms with van der Waals surface area (Å²) in [6, 6.07) is 13.7. The molecule has 0 saturated carbocycles. The molecule has 1 amide bonds. The van der Waals surface area contributed by atoms with E-state index >= 15 is 0 Å². The second-order valence-electron chi connectivity index (χ2n) is 6.26. The molecule has 2 aromatic carbocycles. The summed E-state index contributed by atoms with van der Waals surface area (Å²) in [5.74, 6) is 0.319. The van der Waals surface area contributed by atoms with Gasteiger partial charge in [-0.25, -0.2) is 0 Å². The van der Waals surface area contributed by atoms with Crippen molar-refractivity contribution in [3.05, 3.63) is 63.6 Å². The van der Waals surface area contributed by atoms with Crippen LogP contribution in [-0.2, 0) is 11.3 Å². The maximum atomic E-state index is 12.3. The van der Waals surface area contributed by atoms with E-state index in [-0.39, 0.29) is 18.5 Å². The minimum absolute atomic E-state index is 0.0205. The summed E-state index contributed by atoms with van der Waals surface area (Å²) in [6.07, 6.45) is 0. The largest absolute Gasteiger partial charge is 0.348 e. The van der Waals surface area contributed by atoms with Crippen LogP contribution in [-0.4, -0.2) is 26.1 Å². The molecule has 1 atom stereocenters. The van der Waals surface area contributed by atoms with E-state index in [4.69, 9.17) is 0 Å². The van der Waals surface area contributed by atoms with Crippen LogP contribution in [0.15, 0.2) is 46.9 Å². The van der Waals surface area contributed by atoms with Crippen LogP contribution in [0.25, 0.3) is 11.4 Å². The van der Waals surface area contributed by atoms with Gasteiger partial charge >= 0.3 is 0 Å². The molecule has 3 rings (SSSR count). The van der Waals surface area contributed by atoms with E-state index in [1.165, 1.54) is 15.9 Å². The Kier molecular flexibility index (Phi) is 5.46. The Morgan fingerprint density at radius 3 is 2.69 bits per heavy atom. The highest BCUT2D eigenvalue weighted by molar-refractivity contribution is 9.10. The molecule has 0 saturated heterocycles. The highest BCUT2D eigenvalue weighted by atomic mass is 79.9. The van der Waals surface area contributed by atoms with Gasteiger partial charge in [-0.05, 0) is 54.8 Å². The van der Waals surface area contributed by atoms with Gasteiger partial charge in [-0.15, -0.1) is 10.2 Å². The van der Waals surface area contributed by atoms with E-state index in [9.17, 15) is 4.79 Å². The van der Waals surface area contributed by atoms with E-state index in [1.807, 2.05) is 37.3 Å². The first-order valence-corrected chi connectivity index (χ1v) is 9.12. The van der Waals surface area contributed by atoms with Gasteiger partial charge in [-0.2, -0.15) is 4.80 Å². The van der Waals surface area contributed by atoms with Crippen molar-refractivity contribution in [3.63, 3.8) is 0 Å². The lowest BCUT2D eigenvalue weighted by Crippen LogP contribution is -2.30. The van der Waals surface area contributed by atoms with Crippen molar-refractivity contribution in [2.45, 2.75) is 33.4 Å². The molecular weight excluding hydrogens is 394 g/mol. The minimum atomic E-state index is -0.160. The number of rotatable bonds is 5. The third-order valence-corrected chi connectivity index (χ3v) is 4.95. The standard InChI is InChI=1S/C19H20BrN5O/c1-12-8-9-15(10-13(12)2)14(3)21-18(26)11-25-23-19(22-24-25)16-6-4-5-7-17(16)20/h4-10,14H,11H2,1-3H3,(H,21,26)/t14-/m1/s1. The minimum Gasteiger partial charge on any atom is -0.348 e. The van der Waals surface area contributed by atoms with Crippen molar-refractivity contribution in [3.8, 4) is 11.4 Å². The fraction of sp³-hybridized carbons (Fsp3) is 0.263. The van der Waals surface area contributed by atoms with Crippen LogP contribution in [0.4, 0.5) is 0 Å². The zero-order chi connectivity index (χ0) is 18.7. The highest BCUT2D eigenvalue weighted by Crippen LogP contribution is 2.24. The molecule has 0 aliphatic heterocycles. The van der Waals surface area contributed by atoms with Crippen LogP contribution in [0.5, 0.6) is 0 Å². The molecule has 26 heavy (non-hydrogen) atoms. The lowest BCUT2D eigenvalue weighted by Gasteiger charge is -2.15. The van der Waals surface area contributed by atoms with Crippen LogP contribution in [0, 0.1) is 13.8 Å². The number of nitrogens with one attached hydrogen (secondary N) is 1. The molecule has 1 heterocycles. The number of hydrogen-bond acceptors (Lipinski definition) is 4. The Bertz CT molecular complexity index is 937. The lowest BCUT2D eigenvalue weighted by atomic mass is 10.0. The van der Waals surface area contributed by atoms with Crippen molar-refractivity contribution in [2.24, 2.45) is 0 Å². The number of aryl methyl sites for hydroxylation is 2. The molecule has 7 heteroatoms. The van der Waals surface area contributed by atoms with Gasteiger partial charge < -0.3 is 5.32 Å². The first-order valence-electron chi connectivity index (χ1n) is 8.33. The Morgan fingerprint density at radius 1 is 1.19 bits per heavy atom. The number of carbonyl (C=O) groups is 1. The number of carbonyl (C=O) groups excluding carboxylic acids is 1. The Balaban J connectivity index is 1.65. The van der Waals surface area contributed by atoms with Gasteiger partial charge in [-0.3, -0.25) is 4.79 Å².